The van der Waals surface area contributed by atoms with Crippen molar-refractivity contribution in [3.8, 4) is 0 Å². The van der Waals surface area contributed by atoms with Crippen LogP contribution in [-0.2, 0) is 0 Å². The number of aromatic nitrogens is 1. The maximum atomic E-state index is 4.71. The van der Waals surface area contributed by atoms with Crippen LogP contribution in [0.4, 0.5) is 5.69 Å². The molecule has 0 N–H and O–H groups in total. The normalized spacial score (nSPS) is 22.4. The largest absolute Gasteiger partial charge is 0.345 e. The lowest BCUT2D eigenvalue weighted by Crippen LogP contribution is -2.27. The quantitative estimate of drug-likeness (QED) is 0.725. The predicted molar refractivity (Wildman–Crippen MR) is 92.0 cm³/mol. The highest BCUT2D eigenvalue weighted by Crippen LogP contribution is 2.44. The first kappa shape index (κ1) is 16.1. The lowest BCUT2D eigenvalue weighted by Gasteiger charge is -2.31. The lowest BCUT2D eigenvalue weighted by molar-refractivity contribution is 0.560. The molecule has 1 aromatic rings. The van der Waals surface area contributed by atoms with E-state index in [0.717, 1.165) is 0 Å². The van der Waals surface area contributed by atoms with Gasteiger partial charge in [-0.05, 0) is 51.0 Å². The average molecular weight is 286 g/mol. The molecule has 0 radical (unpaired) electrons. The molecule has 1 aliphatic heterocycles. The molecule has 2 rings (SSSR count). The van der Waals surface area contributed by atoms with E-state index in [1.54, 1.807) is 0 Å². The third-order valence-corrected chi connectivity index (χ3v) is 5.02. The summed E-state index contributed by atoms with van der Waals surface area (Å²) in [4.78, 5) is 7.18. The third-order valence-electron chi connectivity index (χ3n) is 5.02. The summed E-state index contributed by atoms with van der Waals surface area (Å²) in [6.45, 7) is 18.2. The second-order valence-electron chi connectivity index (χ2n) is 7.17. The minimum Gasteiger partial charge on any atom is -0.345 e. The zero-order valence-electron chi connectivity index (χ0n) is 14.9. The Balaban J connectivity index is 2.80. The fourth-order valence-electron chi connectivity index (χ4n) is 3.33. The van der Waals surface area contributed by atoms with Crippen molar-refractivity contribution in [3.63, 3.8) is 0 Å². The van der Waals surface area contributed by atoms with Crippen LogP contribution < -0.4 is 4.90 Å². The Labute approximate surface area is 130 Å². The van der Waals surface area contributed by atoms with Crippen LogP contribution in [0.25, 0.3) is 0 Å². The van der Waals surface area contributed by atoms with Gasteiger partial charge in [0.1, 0.15) is 0 Å². The molecule has 2 nitrogen and oxygen atoms in total. The molecular weight excluding hydrogens is 256 g/mol. The van der Waals surface area contributed by atoms with E-state index in [-0.39, 0.29) is 0 Å². The van der Waals surface area contributed by atoms with E-state index in [9.17, 15) is 0 Å². The zero-order chi connectivity index (χ0) is 15.9. The first-order chi connectivity index (χ1) is 9.75. The Kier molecular flexibility index (Phi) is 4.46. The number of pyridine rings is 1. The molecular formula is C19H30N2. The molecule has 0 fully saturated rings. The molecule has 2 atom stereocenters. The summed E-state index contributed by atoms with van der Waals surface area (Å²) in [7, 11) is 0. The van der Waals surface area contributed by atoms with Gasteiger partial charge in [-0.15, -0.1) is 0 Å². The fraction of sp³-hybridized carbons (Fsp3) is 0.632. The number of hydrogen-bond donors (Lipinski definition) is 0. The van der Waals surface area contributed by atoms with E-state index in [0.29, 0.717) is 23.8 Å². The van der Waals surface area contributed by atoms with Crippen molar-refractivity contribution >= 4 is 5.69 Å². The predicted octanol–water partition coefficient (Wildman–Crippen LogP) is 5.39. The van der Waals surface area contributed by atoms with E-state index in [4.69, 9.17) is 4.98 Å². The number of nitrogens with zero attached hydrogens (tertiary/aromatic N) is 2. The van der Waals surface area contributed by atoms with Gasteiger partial charge < -0.3 is 4.90 Å². The maximum absolute atomic E-state index is 4.71. The monoisotopic (exact) mass is 286 g/mol. The van der Waals surface area contributed by atoms with Crippen LogP contribution >= 0.6 is 0 Å². The number of fused-ring (bicyclic) bond motifs is 1. The molecule has 0 amide bonds. The minimum atomic E-state index is 0.454. The molecule has 0 aromatic carbocycles. The number of allylic oxidation sites excluding steroid dienone is 1. The number of hydrogen-bond acceptors (Lipinski definition) is 2. The van der Waals surface area contributed by atoms with Crippen molar-refractivity contribution in [2.45, 2.75) is 73.3 Å². The molecule has 1 aliphatic rings. The Morgan fingerprint density at radius 3 is 2.19 bits per heavy atom. The number of anilines is 1. The molecule has 21 heavy (non-hydrogen) atoms. The molecule has 0 saturated carbocycles. The van der Waals surface area contributed by atoms with Gasteiger partial charge in [0.25, 0.3) is 0 Å². The van der Waals surface area contributed by atoms with Crippen LogP contribution in [0.5, 0.6) is 0 Å². The molecule has 0 bridgehead atoms. The van der Waals surface area contributed by atoms with Crippen LogP contribution in [0.15, 0.2) is 18.0 Å². The van der Waals surface area contributed by atoms with Gasteiger partial charge in [-0.25, -0.2) is 0 Å². The average Bonchev–Trinajstić information content (AvgIpc) is 2.50. The Hall–Kier alpha value is -1.31. The standard InChI is InChI=1S/C19H30N2/c1-11(2)17-9-20-16(8)18-15(7)14(6)13(5)10-21(12(3)4)19(17)18/h9-12,14-15H,1-8H3/t14-,15-/m1/s1. The van der Waals surface area contributed by atoms with Crippen molar-refractivity contribution in [2.75, 3.05) is 4.90 Å². The van der Waals surface area contributed by atoms with Crippen molar-refractivity contribution in [1.29, 1.82) is 0 Å². The van der Waals surface area contributed by atoms with Crippen molar-refractivity contribution in [1.82, 2.24) is 4.98 Å². The summed E-state index contributed by atoms with van der Waals surface area (Å²) >= 11 is 0. The van der Waals surface area contributed by atoms with Gasteiger partial charge in [0.2, 0.25) is 0 Å². The maximum Gasteiger partial charge on any atom is 0.0512 e. The van der Waals surface area contributed by atoms with E-state index in [2.05, 4.69) is 72.7 Å². The molecule has 0 spiro atoms. The molecule has 2 heterocycles. The second kappa shape index (κ2) is 5.82. The van der Waals surface area contributed by atoms with Gasteiger partial charge in [-0.1, -0.05) is 33.3 Å². The lowest BCUT2D eigenvalue weighted by atomic mass is 9.83. The van der Waals surface area contributed by atoms with Gasteiger partial charge in [0.05, 0.1) is 5.69 Å². The van der Waals surface area contributed by atoms with Gasteiger partial charge in [0.15, 0.2) is 0 Å². The van der Waals surface area contributed by atoms with E-state index >= 15 is 0 Å². The van der Waals surface area contributed by atoms with Crippen molar-refractivity contribution < 1.29 is 0 Å². The van der Waals surface area contributed by atoms with E-state index in [1.807, 2.05) is 0 Å². The van der Waals surface area contributed by atoms with Crippen LogP contribution in [0.2, 0.25) is 0 Å². The number of aryl methyl sites for hydroxylation is 1. The highest BCUT2D eigenvalue weighted by molar-refractivity contribution is 5.66. The summed E-state index contributed by atoms with van der Waals surface area (Å²) < 4.78 is 0. The highest BCUT2D eigenvalue weighted by atomic mass is 15.1. The summed E-state index contributed by atoms with van der Waals surface area (Å²) in [5.74, 6) is 1.55. The van der Waals surface area contributed by atoms with Gasteiger partial charge in [-0.3, -0.25) is 4.98 Å². The summed E-state index contributed by atoms with van der Waals surface area (Å²) in [6, 6.07) is 0.454. The Bertz CT molecular complexity index is 555. The van der Waals surface area contributed by atoms with E-state index in [1.165, 1.54) is 28.1 Å². The summed E-state index contributed by atoms with van der Waals surface area (Å²) in [5.41, 5.74) is 6.86. The van der Waals surface area contributed by atoms with Gasteiger partial charge in [-0.2, -0.15) is 0 Å². The Morgan fingerprint density at radius 1 is 1.05 bits per heavy atom. The smallest absolute Gasteiger partial charge is 0.0512 e. The molecule has 0 unspecified atom stereocenters. The van der Waals surface area contributed by atoms with Crippen LogP contribution in [0, 0.1) is 12.8 Å². The van der Waals surface area contributed by atoms with E-state index < -0.39 is 0 Å². The van der Waals surface area contributed by atoms with Crippen molar-refractivity contribution in [2.24, 2.45) is 5.92 Å². The molecule has 116 valence electrons. The van der Waals surface area contributed by atoms with Crippen molar-refractivity contribution in [3.05, 3.63) is 34.8 Å². The molecule has 0 aliphatic carbocycles. The fourth-order valence-corrected chi connectivity index (χ4v) is 3.33. The first-order valence-electron chi connectivity index (χ1n) is 8.21. The van der Waals surface area contributed by atoms with Gasteiger partial charge in [0, 0.05) is 29.7 Å². The zero-order valence-corrected chi connectivity index (χ0v) is 14.9. The van der Waals surface area contributed by atoms with Crippen LogP contribution in [0.3, 0.4) is 0 Å². The van der Waals surface area contributed by atoms with Crippen LogP contribution in [-0.4, -0.2) is 11.0 Å². The highest BCUT2D eigenvalue weighted by Gasteiger charge is 2.30. The molecule has 2 heteroatoms. The second-order valence-corrected chi connectivity index (χ2v) is 7.17. The molecule has 0 saturated heterocycles. The number of rotatable bonds is 2. The minimum absolute atomic E-state index is 0.454. The first-order valence-corrected chi connectivity index (χ1v) is 8.21. The summed E-state index contributed by atoms with van der Waals surface area (Å²) in [5, 5.41) is 0. The van der Waals surface area contributed by atoms with Crippen LogP contribution in [0.1, 0.15) is 77.1 Å². The Morgan fingerprint density at radius 2 is 1.67 bits per heavy atom. The topological polar surface area (TPSA) is 16.1 Å². The summed E-state index contributed by atoms with van der Waals surface area (Å²) in [6.07, 6.45) is 4.45. The SMILES string of the molecule is CC1=CN(C(C)C)c2c(C(C)C)cnc(C)c2[C@H](C)[C@@H]1C. The van der Waals surface area contributed by atoms with Gasteiger partial charge >= 0.3 is 0 Å². The third kappa shape index (κ3) is 2.73. The molecule has 1 aromatic heterocycles.